The van der Waals surface area contributed by atoms with Gasteiger partial charge in [-0.2, -0.15) is 5.10 Å². The number of nitrogens with one attached hydrogen (secondary N) is 1. The van der Waals surface area contributed by atoms with Gasteiger partial charge < -0.3 is 5.32 Å². The second kappa shape index (κ2) is 5.22. The van der Waals surface area contributed by atoms with Crippen LogP contribution in [-0.2, 0) is 19.5 Å². The van der Waals surface area contributed by atoms with Crippen molar-refractivity contribution in [1.29, 1.82) is 0 Å². The Hall–Kier alpha value is -2.17. The van der Waals surface area contributed by atoms with Crippen LogP contribution in [0.25, 0.3) is 0 Å². The number of carbonyl (C=O) groups is 1. The number of hydrogen-bond donors (Lipinski definition) is 1. The second-order valence-electron chi connectivity index (χ2n) is 4.70. The molecule has 19 heavy (non-hydrogen) atoms. The third-order valence-corrected chi connectivity index (χ3v) is 3.30. The summed E-state index contributed by atoms with van der Waals surface area (Å²) in [5.41, 5.74) is 2.52. The molecule has 0 unspecified atom stereocenters. The van der Waals surface area contributed by atoms with E-state index in [4.69, 9.17) is 0 Å². The predicted octanol–water partition coefficient (Wildman–Crippen LogP) is 1.54. The largest absolute Gasteiger partial charge is 0.345 e. The van der Waals surface area contributed by atoms with Crippen LogP contribution in [0, 0.1) is 0 Å². The highest BCUT2D eigenvalue weighted by Crippen LogP contribution is 2.15. The van der Waals surface area contributed by atoms with Gasteiger partial charge in [-0.1, -0.05) is 6.07 Å². The molecule has 0 aromatic carbocycles. The van der Waals surface area contributed by atoms with Crippen LogP contribution < -0.4 is 5.32 Å². The third-order valence-electron chi connectivity index (χ3n) is 3.30. The molecule has 5 nitrogen and oxygen atoms in total. The van der Waals surface area contributed by atoms with Crippen LogP contribution in [0.15, 0.2) is 30.5 Å². The summed E-state index contributed by atoms with van der Waals surface area (Å²) in [5.74, 6) is -0.132. The highest BCUT2D eigenvalue weighted by Gasteiger charge is 2.16. The predicted molar refractivity (Wildman–Crippen MR) is 70.6 cm³/mol. The van der Waals surface area contributed by atoms with Gasteiger partial charge in [-0.15, -0.1) is 0 Å². The number of aryl methyl sites for hydroxylation is 2. The van der Waals surface area contributed by atoms with E-state index in [1.165, 1.54) is 6.42 Å². The minimum Gasteiger partial charge on any atom is -0.345 e. The fourth-order valence-corrected chi connectivity index (χ4v) is 2.29. The lowest BCUT2D eigenvalue weighted by Crippen LogP contribution is -2.24. The number of nitrogens with zero attached hydrogens (tertiary/aromatic N) is 3. The van der Waals surface area contributed by atoms with E-state index in [-0.39, 0.29) is 5.91 Å². The van der Waals surface area contributed by atoms with Crippen LogP contribution in [0.1, 0.15) is 34.7 Å². The van der Waals surface area contributed by atoms with Crippen molar-refractivity contribution in [2.24, 2.45) is 0 Å². The second-order valence-corrected chi connectivity index (χ2v) is 4.70. The maximum absolute atomic E-state index is 12.0. The molecule has 3 heterocycles. The Bertz CT molecular complexity index is 553. The topological polar surface area (TPSA) is 59.8 Å². The number of pyridine rings is 1. The minimum atomic E-state index is -0.132. The number of hydrogen-bond acceptors (Lipinski definition) is 3. The Morgan fingerprint density at radius 1 is 1.37 bits per heavy atom. The number of aromatic nitrogens is 3. The van der Waals surface area contributed by atoms with Gasteiger partial charge in [-0.25, -0.2) is 0 Å². The fraction of sp³-hybridized carbons (Fsp3) is 0.357. The van der Waals surface area contributed by atoms with Crippen molar-refractivity contribution < 1.29 is 4.79 Å². The first kappa shape index (κ1) is 11.9. The van der Waals surface area contributed by atoms with Crippen LogP contribution in [0.4, 0.5) is 0 Å². The molecule has 1 aliphatic heterocycles. The lowest BCUT2D eigenvalue weighted by molar-refractivity contribution is 0.0944. The normalized spacial score (nSPS) is 13.9. The molecule has 0 saturated carbocycles. The summed E-state index contributed by atoms with van der Waals surface area (Å²) >= 11 is 0. The Labute approximate surface area is 111 Å². The molecule has 0 spiro atoms. The van der Waals surface area contributed by atoms with Gasteiger partial charge in [0.15, 0.2) is 0 Å². The van der Waals surface area contributed by atoms with Crippen LogP contribution in [0.2, 0.25) is 0 Å². The van der Waals surface area contributed by atoms with Crippen molar-refractivity contribution in [3.63, 3.8) is 0 Å². The molecule has 3 rings (SSSR count). The van der Waals surface area contributed by atoms with Gasteiger partial charge >= 0.3 is 0 Å². The van der Waals surface area contributed by atoms with Gasteiger partial charge in [0.1, 0.15) is 5.69 Å². The lowest BCUT2D eigenvalue weighted by atomic mass is 10.1. The SMILES string of the molecule is O=C(NCc1ccccn1)c1cc2n(n1)CCCC2. The summed E-state index contributed by atoms with van der Waals surface area (Å²) in [6.07, 6.45) is 5.06. The molecule has 0 fully saturated rings. The standard InChI is InChI=1S/C14H16N4O/c19-14(16-10-11-5-1-3-7-15-11)13-9-12-6-2-4-8-18(12)17-13/h1,3,5,7,9H,2,4,6,8,10H2,(H,16,19). The van der Waals surface area contributed by atoms with Crippen LogP contribution in [0.3, 0.4) is 0 Å². The van der Waals surface area contributed by atoms with E-state index in [1.54, 1.807) is 6.20 Å². The molecule has 1 amide bonds. The number of carbonyl (C=O) groups excluding carboxylic acids is 1. The fourth-order valence-electron chi connectivity index (χ4n) is 2.29. The average molecular weight is 256 g/mol. The quantitative estimate of drug-likeness (QED) is 0.906. The molecule has 0 aliphatic carbocycles. The molecule has 0 saturated heterocycles. The zero-order valence-electron chi connectivity index (χ0n) is 10.7. The van der Waals surface area contributed by atoms with E-state index in [1.807, 2.05) is 28.9 Å². The summed E-state index contributed by atoms with van der Waals surface area (Å²) in [5, 5.41) is 7.19. The van der Waals surface area contributed by atoms with E-state index in [0.29, 0.717) is 12.2 Å². The number of fused-ring (bicyclic) bond motifs is 1. The molecule has 2 aromatic heterocycles. The monoisotopic (exact) mass is 256 g/mol. The van der Waals surface area contributed by atoms with E-state index in [0.717, 1.165) is 30.8 Å². The Kier molecular flexibility index (Phi) is 3.27. The minimum absolute atomic E-state index is 0.132. The first-order valence-electron chi connectivity index (χ1n) is 6.58. The van der Waals surface area contributed by atoms with Crippen molar-refractivity contribution in [1.82, 2.24) is 20.1 Å². The lowest BCUT2D eigenvalue weighted by Gasteiger charge is -2.11. The zero-order chi connectivity index (χ0) is 13.1. The van der Waals surface area contributed by atoms with Crippen molar-refractivity contribution in [3.8, 4) is 0 Å². The molecule has 0 radical (unpaired) electrons. The van der Waals surface area contributed by atoms with Crippen LogP contribution in [-0.4, -0.2) is 20.7 Å². The van der Waals surface area contributed by atoms with E-state index < -0.39 is 0 Å². The highest BCUT2D eigenvalue weighted by molar-refractivity contribution is 5.92. The molecular weight excluding hydrogens is 240 g/mol. The van der Waals surface area contributed by atoms with Gasteiger partial charge in [-0.05, 0) is 37.5 Å². The molecule has 0 bridgehead atoms. The molecule has 1 N–H and O–H groups in total. The summed E-state index contributed by atoms with van der Waals surface area (Å²) in [7, 11) is 0. The molecular formula is C14H16N4O. The van der Waals surface area contributed by atoms with E-state index >= 15 is 0 Å². The molecule has 0 atom stereocenters. The Morgan fingerprint density at radius 2 is 2.32 bits per heavy atom. The molecule has 2 aromatic rings. The zero-order valence-corrected chi connectivity index (χ0v) is 10.7. The molecule has 5 heteroatoms. The van der Waals surface area contributed by atoms with E-state index in [9.17, 15) is 4.79 Å². The van der Waals surface area contributed by atoms with Crippen molar-refractivity contribution in [2.75, 3.05) is 0 Å². The van der Waals surface area contributed by atoms with Crippen LogP contribution in [0.5, 0.6) is 0 Å². The average Bonchev–Trinajstić information content (AvgIpc) is 2.90. The van der Waals surface area contributed by atoms with Gasteiger partial charge in [0.05, 0.1) is 12.2 Å². The maximum atomic E-state index is 12.0. The maximum Gasteiger partial charge on any atom is 0.272 e. The number of amides is 1. The van der Waals surface area contributed by atoms with E-state index in [2.05, 4.69) is 15.4 Å². The van der Waals surface area contributed by atoms with Gasteiger partial charge in [0.2, 0.25) is 0 Å². The number of rotatable bonds is 3. The Balaban J connectivity index is 1.65. The van der Waals surface area contributed by atoms with Crippen molar-refractivity contribution in [3.05, 3.63) is 47.5 Å². The van der Waals surface area contributed by atoms with Crippen molar-refractivity contribution >= 4 is 5.91 Å². The van der Waals surface area contributed by atoms with Crippen LogP contribution >= 0.6 is 0 Å². The highest BCUT2D eigenvalue weighted by atomic mass is 16.1. The first-order valence-corrected chi connectivity index (χ1v) is 6.58. The Morgan fingerprint density at radius 3 is 3.11 bits per heavy atom. The van der Waals surface area contributed by atoms with Gasteiger partial charge in [-0.3, -0.25) is 14.5 Å². The third kappa shape index (κ3) is 2.65. The summed E-state index contributed by atoms with van der Waals surface area (Å²) in [6, 6.07) is 7.55. The van der Waals surface area contributed by atoms with Gasteiger partial charge in [0, 0.05) is 18.4 Å². The summed E-state index contributed by atoms with van der Waals surface area (Å²) in [4.78, 5) is 16.2. The smallest absolute Gasteiger partial charge is 0.272 e. The first-order chi connectivity index (χ1) is 9.33. The van der Waals surface area contributed by atoms with Crippen molar-refractivity contribution in [2.45, 2.75) is 32.4 Å². The molecule has 1 aliphatic rings. The molecule has 98 valence electrons. The summed E-state index contributed by atoms with van der Waals surface area (Å²) in [6.45, 7) is 1.35. The summed E-state index contributed by atoms with van der Waals surface area (Å²) < 4.78 is 1.94. The van der Waals surface area contributed by atoms with Gasteiger partial charge in [0.25, 0.3) is 5.91 Å².